The zero-order valence-corrected chi connectivity index (χ0v) is 6.01. The molecule has 0 spiro atoms. The van der Waals surface area contributed by atoms with Gasteiger partial charge in [-0.15, -0.1) is 0 Å². The van der Waals surface area contributed by atoms with Gasteiger partial charge < -0.3 is 4.74 Å². The van der Waals surface area contributed by atoms with Gasteiger partial charge in [-0.05, 0) is 0 Å². The van der Waals surface area contributed by atoms with Crippen molar-refractivity contribution in [2.75, 3.05) is 7.11 Å². The van der Waals surface area contributed by atoms with Crippen LogP contribution in [-0.4, -0.2) is 26.0 Å². The van der Waals surface area contributed by atoms with Gasteiger partial charge in [0.2, 0.25) is 0 Å². The van der Waals surface area contributed by atoms with E-state index in [9.17, 15) is 13.2 Å². The molecule has 1 N–H and O–H groups in total. The number of methoxy groups -OCH3 is 1. The lowest BCUT2D eigenvalue weighted by atomic mass is 10.6. The summed E-state index contributed by atoms with van der Waals surface area (Å²) in [6.45, 7) is 2.78. The Bertz CT molecular complexity index is 249. The summed E-state index contributed by atoms with van der Waals surface area (Å²) in [7, 11) is -3.50. The molecule has 0 saturated carbocycles. The molecular formula is C4H6O5S. The van der Waals surface area contributed by atoms with Crippen LogP contribution in [0.5, 0.6) is 0 Å². The molecule has 0 rings (SSSR count). The first-order chi connectivity index (χ1) is 4.39. The molecule has 10 heavy (non-hydrogen) atoms. The third-order valence-corrected chi connectivity index (χ3v) is 1.51. The summed E-state index contributed by atoms with van der Waals surface area (Å²) >= 11 is 0. The van der Waals surface area contributed by atoms with Crippen molar-refractivity contribution in [2.45, 2.75) is 0 Å². The Hall–Kier alpha value is -0.880. The second-order valence-electron chi connectivity index (χ2n) is 1.39. The Morgan fingerprint density at radius 3 is 2.10 bits per heavy atom. The van der Waals surface area contributed by atoms with Gasteiger partial charge in [0.15, 0.2) is 4.91 Å². The summed E-state index contributed by atoms with van der Waals surface area (Å²) in [5.41, 5.74) is 0. The molecule has 58 valence electrons. The molecule has 0 heterocycles. The third kappa shape index (κ3) is 2.16. The SMILES string of the molecule is C=C(C(=O)OC)S(=O)(=O)O. The summed E-state index contributed by atoms with van der Waals surface area (Å²) < 4.78 is 32.3. The maximum absolute atomic E-state index is 10.3. The molecule has 0 aromatic heterocycles. The van der Waals surface area contributed by atoms with E-state index < -0.39 is 21.0 Å². The number of hydrogen-bond acceptors (Lipinski definition) is 4. The van der Waals surface area contributed by atoms with Crippen LogP contribution in [0.25, 0.3) is 0 Å². The summed E-state index contributed by atoms with van der Waals surface area (Å²) in [6.07, 6.45) is 0. The second kappa shape index (κ2) is 2.80. The van der Waals surface area contributed by atoms with Crippen LogP contribution in [0, 0.1) is 0 Å². The maximum atomic E-state index is 10.3. The van der Waals surface area contributed by atoms with Gasteiger partial charge >= 0.3 is 16.1 Å². The molecule has 0 bridgehead atoms. The highest BCUT2D eigenvalue weighted by Crippen LogP contribution is 2.01. The highest BCUT2D eigenvalue weighted by atomic mass is 32.2. The third-order valence-electron chi connectivity index (χ3n) is 0.724. The molecule has 0 atom stereocenters. The number of ether oxygens (including phenoxy) is 1. The van der Waals surface area contributed by atoms with E-state index in [-0.39, 0.29) is 0 Å². The summed E-state index contributed by atoms with van der Waals surface area (Å²) in [4.78, 5) is 9.33. The summed E-state index contributed by atoms with van der Waals surface area (Å²) in [5, 5.41) is 0. The molecule has 0 fully saturated rings. The van der Waals surface area contributed by atoms with Crippen LogP contribution in [0.15, 0.2) is 11.5 Å². The highest BCUT2D eigenvalue weighted by molar-refractivity contribution is 7.90. The smallest absolute Gasteiger partial charge is 0.351 e. The average molecular weight is 166 g/mol. The molecule has 0 aliphatic rings. The van der Waals surface area contributed by atoms with Crippen LogP contribution in [0.2, 0.25) is 0 Å². The minimum Gasteiger partial charge on any atom is -0.465 e. The zero-order chi connectivity index (χ0) is 8.36. The van der Waals surface area contributed by atoms with E-state index in [0.717, 1.165) is 7.11 Å². The van der Waals surface area contributed by atoms with Crippen LogP contribution >= 0.6 is 0 Å². The molecule has 0 amide bonds. The van der Waals surface area contributed by atoms with Gasteiger partial charge in [0.25, 0.3) is 0 Å². The predicted molar refractivity (Wildman–Crippen MR) is 32.7 cm³/mol. The number of rotatable bonds is 2. The fourth-order valence-electron chi connectivity index (χ4n) is 0.219. The number of carbonyl (C=O) groups excluding carboxylic acids is 1. The van der Waals surface area contributed by atoms with Crippen LogP contribution in [-0.2, 0) is 19.6 Å². The maximum Gasteiger partial charge on any atom is 0.351 e. The topological polar surface area (TPSA) is 80.7 Å². The minimum absolute atomic E-state index is 0.963. The first-order valence-corrected chi connectivity index (χ1v) is 3.58. The van der Waals surface area contributed by atoms with E-state index in [0.29, 0.717) is 0 Å². The van der Waals surface area contributed by atoms with E-state index in [1.165, 1.54) is 0 Å². The van der Waals surface area contributed by atoms with Gasteiger partial charge in [0.05, 0.1) is 7.11 Å². The minimum atomic E-state index is -4.48. The molecule has 0 aliphatic carbocycles. The lowest BCUT2D eigenvalue weighted by Crippen LogP contribution is -2.12. The fourth-order valence-corrected chi connectivity index (χ4v) is 0.513. The van der Waals surface area contributed by atoms with E-state index in [1.807, 2.05) is 0 Å². The van der Waals surface area contributed by atoms with E-state index in [1.54, 1.807) is 0 Å². The standard InChI is InChI=1S/C4H6O5S/c1-3(4(5)9-2)10(6,7)8/h1H2,2H3,(H,6,7,8). The summed E-state index contributed by atoms with van der Waals surface area (Å²) in [6, 6.07) is 0. The van der Waals surface area contributed by atoms with Gasteiger partial charge in [-0.2, -0.15) is 8.42 Å². The molecule has 6 heteroatoms. The first kappa shape index (κ1) is 9.12. The zero-order valence-electron chi connectivity index (χ0n) is 5.20. The van der Waals surface area contributed by atoms with Crippen molar-refractivity contribution in [3.63, 3.8) is 0 Å². The van der Waals surface area contributed by atoms with E-state index in [2.05, 4.69) is 11.3 Å². The van der Waals surface area contributed by atoms with Gasteiger partial charge in [0.1, 0.15) is 0 Å². The van der Waals surface area contributed by atoms with Crippen LogP contribution in [0.1, 0.15) is 0 Å². The second-order valence-corrected chi connectivity index (χ2v) is 2.83. The molecule has 0 unspecified atom stereocenters. The molecule has 0 radical (unpaired) electrons. The van der Waals surface area contributed by atoms with Crippen LogP contribution < -0.4 is 0 Å². The van der Waals surface area contributed by atoms with Gasteiger partial charge in [-0.1, -0.05) is 6.58 Å². The van der Waals surface area contributed by atoms with Crippen molar-refractivity contribution < 1.29 is 22.5 Å². The molecule has 0 aromatic carbocycles. The van der Waals surface area contributed by atoms with Crippen molar-refractivity contribution in [3.05, 3.63) is 11.5 Å². The molecule has 0 saturated heterocycles. The Balaban J connectivity index is 4.57. The van der Waals surface area contributed by atoms with Gasteiger partial charge in [-0.3, -0.25) is 4.55 Å². The lowest BCUT2D eigenvalue weighted by Gasteiger charge is -1.96. The van der Waals surface area contributed by atoms with Crippen molar-refractivity contribution >= 4 is 16.1 Å². The quantitative estimate of drug-likeness (QED) is 0.341. The van der Waals surface area contributed by atoms with Crippen molar-refractivity contribution in [3.8, 4) is 0 Å². The number of carbonyl (C=O) groups is 1. The average Bonchev–Trinajstić information content (AvgIpc) is 1.83. The summed E-state index contributed by atoms with van der Waals surface area (Å²) in [5.74, 6) is -1.16. The molecule has 0 aromatic rings. The van der Waals surface area contributed by atoms with Crippen molar-refractivity contribution in [1.29, 1.82) is 0 Å². The van der Waals surface area contributed by atoms with Crippen molar-refractivity contribution in [1.82, 2.24) is 0 Å². The Labute approximate surface area is 58.0 Å². The van der Waals surface area contributed by atoms with Crippen LogP contribution in [0.4, 0.5) is 0 Å². The van der Waals surface area contributed by atoms with Gasteiger partial charge in [0, 0.05) is 0 Å². The van der Waals surface area contributed by atoms with Gasteiger partial charge in [-0.25, -0.2) is 4.79 Å². The molecular weight excluding hydrogens is 160 g/mol. The van der Waals surface area contributed by atoms with Crippen LogP contribution in [0.3, 0.4) is 0 Å². The lowest BCUT2D eigenvalue weighted by molar-refractivity contribution is -0.135. The Morgan fingerprint density at radius 1 is 1.60 bits per heavy atom. The normalized spacial score (nSPS) is 10.6. The largest absolute Gasteiger partial charge is 0.465 e. The first-order valence-electron chi connectivity index (χ1n) is 2.14. The fraction of sp³-hybridized carbons (Fsp3) is 0.250. The highest BCUT2D eigenvalue weighted by Gasteiger charge is 2.19. The number of esters is 1. The predicted octanol–water partition coefficient (Wildman–Crippen LogP) is -0.439. The Kier molecular flexibility index (Phi) is 2.56. The van der Waals surface area contributed by atoms with Crippen molar-refractivity contribution in [2.24, 2.45) is 0 Å². The monoisotopic (exact) mass is 166 g/mol. The van der Waals surface area contributed by atoms with E-state index >= 15 is 0 Å². The number of hydrogen-bond donors (Lipinski definition) is 1. The molecule has 0 aliphatic heterocycles. The molecule has 5 nitrogen and oxygen atoms in total. The van der Waals surface area contributed by atoms with E-state index in [4.69, 9.17) is 4.55 Å². The Morgan fingerprint density at radius 2 is 2.00 bits per heavy atom.